The number of phenols is 1. The van der Waals surface area contributed by atoms with E-state index in [-0.39, 0.29) is 36.4 Å². The summed E-state index contributed by atoms with van der Waals surface area (Å²) in [7, 11) is 1.49. The number of amides is 1. The number of benzene rings is 2. The smallest absolute Gasteiger partial charge is 0.235 e. The first-order chi connectivity index (χ1) is 18.4. The predicted molar refractivity (Wildman–Crippen MR) is 135 cm³/mol. The monoisotopic (exact) mass is 533 g/mol. The zero-order chi connectivity index (χ0) is 28.4. The highest BCUT2D eigenvalue weighted by Crippen LogP contribution is 2.51. The van der Waals surface area contributed by atoms with Gasteiger partial charge in [0.1, 0.15) is 17.3 Å². The molecule has 0 spiro atoms. The van der Waals surface area contributed by atoms with Crippen LogP contribution in [0.15, 0.2) is 30.3 Å². The summed E-state index contributed by atoms with van der Waals surface area (Å²) < 4.78 is 5.38. The lowest BCUT2D eigenvalue weighted by molar-refractivity contribution is -0.175. The first-order valence-corrected chi connectivity index (χ1v) is 12.6. The zero-order valence-corrected chi connectivity index (χ0v) is 21.4. The number of ether oxygens (including phenoxy) is 1. The third-order valence-corrected chi connectivity index (χ3v) is 8.32. The van der Waals surface area contributed by atoms with Gasteiger partial charge in [0.15, 0.2) is 34.7 Å². The van der Waals surface area contributed by atoms with Crippen LogP contribution in [0.4, 0.5) is 0 Å². The van der Waals surface area contributed by atoms with Crippen molar-refractivity contribution in [2.75, 3.05) is 7.11 Å². The molecule has 0 heterocycles. The van der Waals surface area contributed by atoms with E-state index in [2.05, 4.69) is 0 Å². The highest BCUT2D eigenvalue weighted by Gasteiger charge is 2.66. The lowest BCUT2D eigenvalue weighted by Gasteiger charge is -2.48. The number of primary amides is 1. The Balaban J connectivity index is 1.60. The van der Waals surface area contributed by atoms with Crippen LogP contribution in [0.5, 0.6) is 11.5 Å². The first kappa shape index (κ1) is 26.4. The molecule has 5 rings (SSSR count). The van der Waals surface area contributed by atoms with E-state index in [4.69, 9.17) is 10.5 Å². The SMILES string of the molecule is COc1ccc(-c2ccc(O)c3c2C[C@H]2C[C@H]4CC(=O)C(C(N)=O)C(=O)[C@@]4(O)C(=O)C2C3=O)cc1CC(C)=O. The third kappa shape index (κ3) is 3.89. The van der Waals surface area contributed by atoms with Crippen molar-refractivity contribution in [3.8, 4) is 22.6 Å². The van der Waals surface area contributed by atoms with Gasteiger partial charge in [-0.15, -0.1) is 0 Å². The van der Waals surface area contributed by atoms with E-state index < -0.39 is 64.7 Å². The molecule has 2 saturated carbocycles. The average molecular weight is 534 g/mol. The molecule has 0 aliphatic heterocycles. The Morgan fingerprint density at radius 2 is 1.79 bits per heavy atom. The van der Waals surface area contributed by atoms with Gasteiger partial charge >= 0.3 is 0 Å². The van der Waals surface area contributed by atoms with E-state index >= 15 is 0 Å². The number of hydrogen-bond acceptors (Lipinski definition) is 9. The van der Waals surface area contributed by atoms with Crippen LogP contribution < -0.4 is 10.5 Å². The molecule has 1 amide bonds. The van der Waals surface area contributed by atoms with Crippen molar-refractivity contribution in [3.05, 3.63) is 47.0 Å². The largest absolute Gasteiger partial charge is 0.507 e. The molecule has 2 aromatic carbocycles. The summed E-state index contributed by atoms with van der Waals surface area (Å²) in [5.41, 5.74) is 4.85. The number of nitrogens with two attached hydrogens (primary N) is 1. The van der Waals surface area contributed by atoms with Gasteiger partial charge in [0.2, 0.25) is 5.91 Å². The molecule has 0 bridgehead atoms. The van der Waals surface area contributed by atoms with Crippen LogP contribution >= 0.6 is 0 Å². The highest BCUT2D eigenvalue weighted by atomic mass is 16.5. The van der Waals surface area contributed by atoms with Crippen molar-refractivity contribution in [1.82, 2.24) is 0 Å². The van der Waals surface area contributed by atoms with E-state index in [0.717, 1.165) is 0 Å². The molecule has 10 nitrogen and oxygen atoms in total. The molecular formula is C29H27NO9. The minimum Gasteiger partial charge on any atom is -0.507 e. The van der Waals surface area contributed by atoms with Gasteiger partial charge in [-0.1, -0.05) is 12.1 Å². The Kier molecular flexibility index (Phi) is 6.26. The zero-order valence-electron chi connectivity index (χ0n) is 21.4. The molecule has 3 aliphatic rings. The first-order valence-electron chi connectivity index (χ1n) is 12.6. The maximum atomic E-state index is 13.8. The summed E-state index contributed by atoms with van der Waals surface area (Å²) in [6.45, 7) is 1.46. The molecule has 2 aromatic rings. The molecule has 3 aliphatic carbocycles. The van der Waals surface area contributed by atoms with E-state index in [0.29, 0.717) is 28.0 Å². The predicted octanol–water partition coefficient (Wildman–Crippen LogP) is 1.13. The Hall–Kier alpha value is -4.18. The van der Waals surface area contributed by atoms with Gasteiger partial charge in [0.25, 0.3) is 0 Å². The van der Waals surface area contributed by atoms with Crippen LogP contribution in [0.1, 0.15) is 41.3 Å². The van der Waals surface area contributed by atoms with Gasteiger partial charge in [0.05, 0.1) is 18.6 Å². The maximum absolute atomic E-state index is 13.8. The number of aliphatic hydroxyl groups is 1. The molecule has 39 heavy (non-hydrogen) atoms. The van der Waals surface area contributed by atoms with Crippen molar-refractivity contribution in [1.29, 1.82) is 0 Å². The number of fused-ring (bicyclic) bond motifs is 3. The van der Waals surface area contributed by atoms with Gasteiger partial charge in [0, 0.05) is 24.3 Å². The fourth-order valence-electron chi connectivity index (χ4n) is 6.59. The fourth-order valence-corrected chi connectivity index (χ4v) is 6.59. The van der Waals surface area contributed by atoms with Gasteiger partial charge < -0.3 is 20.7 Å². The van der Waals surface area contributed by atoms with Gasteiger partial charge in [-0.2, -0.15) is 0 Å². The molecule has 202 valence electrons. The summed E-state index contributed by atoms with van der Waals surface area (Å²) >= 11 is 0. The number of phenolic OH excluding ortho intramolecular Hbond substituents is 1. The number of carbonyl (C=O) groups is 6. The number of carbonyl (C=O) groups excluding carboxylic acids is 6. The summed E-state index contributed by atoms with van der Waals surface area (Å²) in [4.78, 5) is 76.6. The van der Waals surface area contributed by atoms with Crippen molar-refractivity contribution < 1.29 is 43.7 Å². The van der Waals surface area contributed by atoms with E-state index in [9.17, 15) is 39.0 Å². The third-order valence-electron chi connectivity index (χ3n) is 8.32. The van der Waals surface area contributed by atoms with E-state index in [1.807, 2.05) is 0 Å². The summed E-state index contributed by atoms with van der Waals surface area (Å²) in [5.74, 6) is -10.1. The highest BCUT2D eigenvalue weighted by molar-refractivity contribution is 6.31. The maximum Gasteiger partial charge on any atom is 0.235 e. The standard InChI is InChI=1S/C29H27NO9/c1-12(31)7-14-8-13(3-6-21(14)39-2)17-4-5-19(32)23-18(17)10-15-9-16-11-20(33)24(28(30)37)27(36)29(16,38)26(35)22(15)25(23)34/h3-6,8,15-16,22,24,32,38H,7,9-11H2,1-2H3,(H2,30,37)/t15-,16+,22?,24?,29+/m1/s1. The molecular weight excluding hydrogens is 506 g/mol. The van der Waals surface area contributed by atoms with Gasteiger partial charge in [-0.05, 0) is 60.6 Å². The summed E-state index contributed by atoms with van der Waals surface area (Å²) in [6, 6.07) is 8.22. The lowest BCUT2D eigenvalue weighted by atomic mass is 9.53. The van der Waals surface area contributed by atoms with Crippen LogP contribution in [0.25, 0.3) is 11.1 Å². The van der Waals surface area contributed by atoms with Crippen LogP contribution in [0.3, 0.4) is 0 Å². The number of rotatable bonds is 5. The second kappa shape index (κ2) is 9.23. The second-order valence-corrected chi connectivity index (χ2v) is 10.6. The number of methoxy groups -OCH3 is 1. The van der Waals surface area contributed by atoms with E-state index in [1.54, 1.807) is 24.3 Å². The Morgan fingerprint density at radius 3 is 2.44 bits per heavy atom. The van der Waals surface area contributed by atoms with Crippen molar-refractivity contribution in [3.63, 3.8) is 0 Å². The summed E-state index contributed by atoms with van der Waals surface area (Å²) in [6.07, 6.45) is -0.104. The lowest BCUT2D eigenvalue weighted by Crippen LogP contribution is -2.68. The number of Topliss-reactive ketones (excluding diaryl/α,β-unsaturated/α-hetero) is 5. The molecule has 2 unspecified atom stereocenters. The number of ketones is 5. The molecule has 5 atom stereocenters. The Bertz CT molecular complexity index is 1490. The fraction of sp³-hybridized carbons (Fsp3) is 0.379. The van der Waals surface area contributed by atoms with Crippen LogP contribution in [-0.2, 0) is 36.8 Å². The van der Waals surface area contributed by atoms with Crippen LogP contribution in [0, 0.1) is 23.7 Å². The molecule has 0 saturated heterocycles. The molecule has 0 radical (unpaired) electrons. The van der Waals surface area contributed by atoms with Crippen molar-refractivity contribution in [2.45, 2.75) is 38.2 Å². The average Bonchev–Trinajstić information content (AvgIpc) is 2.85. The van der Waals surface area contributed by atoms with Crippen LogP contribution in [-0.4, -0.2) is 57.7 Å². The van der Waals surface area contributed by atoms with Crippen molar-refractivity contribution >= 4 is 34.8 Å². The molecule has 0 aromatic heterocycles. The minimum atomic E-state index is -2.69. The van der Waals surface area contributed by atoms with Gasteiger partial charge in [-0.3, -0.25) is 28.8 Å². The van der Waals surface area contributed by atoms with Crippen molar-refractivity contribution in [2.24, 2.45) is 29.4 Å². The number of aromatic hydroxyl groups is 1. The number of hydrogen-bond donors (Lipinski definition) is 3. The molecule has 4 N–H and O–H groups in total. The summed E-state index contributed by atoms with van der Waals surface area (Å²) in [5, 5.41) is 22.0. The normalized spacial score (nSPS) is 27.9. The second-order valence-electron chi connectivity index (χ2n) is 10.6. The quantitative estimate of drug-likeness (QED) is 0.475. The van der Waals surface area contributed by atoms with Crippen LogP contribution in [0.2, 0.25) is 0 Å². The molecule has 10 heteroatoms. The topological polar surface area (TPSA) is 178 Å². The van der Waals surface area contributed by atoms with Gasteiger partial charge in [-0.25, -0.2) is 0 Å². The molecule has 2 fully saturated rings. The minimum absolute atomic E-state index is 0.00828. The Labute approximate surface area is 223 Å². The van der Waals surface area contributed by atoms with E-state index in [1.165, 1.54) is 20.1 Å². The Morgan fingerprint density at radius 1 is 1.08 bits per heavy atom.